The number of nitrogen functional groups attached to an aromatic ring is 1. The largest absolute Gasteiger partial charge is 0.396 e. The molecule has 110 valence electrons. The zero-order valence-electron chi connectivity index (χ0n) is 11.3. The second-order valence-electron chi connectivity index (χ2n) is 4.80. The van der Waals surface area contributed by atoms with E-state index in [0.717, 1.165) is 18.9 Å². The molecule has 0 aromatic carbocycles. The number of rotatable bonds is 2. The number of piperazine rings is 1. The Kier molecular flexibility index (Phi) is 3.98. The molecule has 3 rings (SSSR count). The zero-order chi connectivity index (χ0) is 14.8. The number of hydrogen-bond donors (Lipinski definition) is 1. The third-order valence-electron chi connectivity index (χ3n) is 3.47. The lowest BCUT2D eigenvalue weighted by Crippen LogP contribution is -2.49. The van der Waals surface area contributed by atoms with Gasteiger partial charge in [-0.25, -0.2) is 4.98 Å². The molecular formula is C14H15ClN4OS. The lowest BCUT2D eigenvalue weighted by Gasteiger charge is -2.35. The van der Waals surface area contributed by atoms with Crippen molar-refractivity contribution in [2.75, 3.05) is 36.8 Å². The first kappa shape index (κ1) is 14.2. The fourth-order valence-corrected chi connectivity index (χ4v) is 3.39. The van der Waals surface area contributed by atoms with Gasteiger partial charge in [0, 0.05) is 32.4 Å². The van der Waals surface area contributed by atoms with Crippen LogP contribution < -0.4 is 10.6 Å². The zero-order valence-corrected chi connectivity index (χ0v) is 12.9. The fraction of sp³-hybridized carbons (Fsp3) is 0.286. The van der Waals surface area contributed by atoms with Crippen LogP contribution in [0.4, 0.5) is 11.5 Å². The minimum atomic E-state index is 0.0422. The lowest BCUT2D eigenvalue weighted by atomic mass is 10.2. The molecule has 2 N–H and O–H groups in total. The molecule has 7 heteroatoms. The SMILES string of the molecule is Nc1cccnc1N1CCN(C(=O)c2ccc(Cl)s2)CC1. The Bertz CT molecular complexity index is 652. The smallest absolute Gasteiger partial charge is 0.264 e. The van der Waals surface area contributed by atoms with E-state index in [1.54, 1.807) is 18.3 Å². The van der Waals surface area contributed by atoms with Crippen LogP contribution in [0.1, 0.15) is 9.67 Å². The van der Waals surface area contributed by atoms with Crippen LogP contribution in [0.2, 0.25) is 4.34 Å². The van der Waals surface area contributed by atoms with Gasteiger partial charge in [-0.2, -0.15) is 0 Å². The Morgan fingerprint density at radius 2 is 2.00 bits per heavy atom. The minimum absolute atomic E-state index is 0.0422. The van der Waals surface area contributed by atoms with Crippen molar-refractivity contribution >= 4 is 40.4 Å². The van der Waals surface area contributed by atoms with Crippen molar-refractivity contribution < 1.29 is 4.79 Å². The number of pyridine rings is 1. The molecule has 0 spiro atoms. The molecule has 2 aromatic heterocycles. The van der Waals surface area contributed by atoms with Crippen molar-refractivity contribution in [3.63, 3.8) is 0 Å². The van der Waals surface area contributed by atoms with E-state index in [1.165, 1.54) is 11.3 Å². The van der Waals surface area contributed by atoms with E-state index >= 15 is 0 Å². The van der Waals surface area contributed by atoms with E-state index in [1.807, 2.05) is 17.0 Å². The molecule has 5 nitrogen and oxygen atoms in total. The van der Waals surface area contributed by atoms with Crippen molar-refractivity contribution in [3.8, 4) is 0 Å². The van der Waals surface area contributed by atoms with Crippen molar-refractivity contribution in [1.82, 2.24) is 9.88 Å². The average molecular weight is 323 g/mol. The Hall–Kier alpha value is -1.79. The van der Waals surface area contributed by atoms with Crippen LogP contribution in [0.5, 0.6) is 0 Å². The van der Waals surface area contributed by atoms with E-state index in [0.29, 0.717) is 28.0 Å². The molecule has 1 fully saturated rings. The van der Waals surface area contributed by atoms with Crippen LogP contribution in [0.3, 0.4) is 0 Å². The molecule has 1 amide bonds. The van der Waals surface area contributed by atoms with E-state index < -0.39 is 0 Å². The molecule has 1 saturated heterocycles. The summed E-state index contributed by atoms with van der Waals surface area (Å²) >= 11 is 7.20. The fourth-order valence-electron chi connectivity index (χ4n) is 2.38. The van der Waals surface area contributed by atoms with Crippen LogP contribution in [-0.2, 0) is 0 Å². The molecule has 1 aliphatic rings. The number of amides is 1. The highest BCUT2D eigenvalue weighted by Crippen LogP contribution is 2.24. The summed E-state index contributed by atoms with van der Waals surface area (Å²) in [4.78, 5) is 21.3. The summed E-state index contributed by atoms with van der Waals surface area (Å²) in [6, 6.07) is 7.19. The predicted molar refractivity (Wildman–Crippen MR) is 86.1 cm³/mol. The molecule has 0 radical (unpaired) electrons. The number of aromatic nitrogens is 1. The van der Waals surface area contributed by atoms with Crippen LogP contribution in [0.25, 0.3) is 0 Å². The van der Waals surface area contributed by atoms with Crippen molar-refractivity contribution in [3.05, 3.63) is 39.7 Å². The highest BCUT2D eigenvalue weighted by molar-refractivity contribution is 7.17. The molecule has 2 aromatic rings. The first-order chi connectivity index (χ1) is 10.1. The number of anilines is 2. The second kappa shape index (κ2) is 5.91. The van der Waals surface area contributed by atoms with Crippen molar-refractivity contribution in [2.45, 2.75) is 0 Å². The molecule has 0 atom stereocenters. The van der Waals surface area contributed by atoms with Gasteiger partial charge in [0.1, 0.15) is 0 Å². The summed E-state index contributed by atoms with van der Waals surface area (Å²) in [6.45, 7) is 2.77. The molecule has 0 bridgehead atoms. The van der Waals surface area contributed by atoms with E-state index in [4.69, 9.17) is 17.3 Å². The number of halogens is 1. The Labute approximate surface area is 131 Å². The molecule has 1 aliphatic heterocycles. The van der Waals surface area contributed by atoms with Gasteiger partial charge in [0.2, 0.25) is 0 Å². The standard InChI is InChI=1S/C14H15ClN4OS/c15-12-4-3-11(21-12)14(20)19-8-6-18(7-9-19)13-10(16)2-1-5-17-13/h1-5H,6-9,16H2. The molecule has 0 saturated carbocycles. The predicted octanol–water partition coefficient (Wildman–Crippen LogP) is 2.34. The van der Waals surface area contributed by atoms with Crippen LogP contribution in [0, 0.1) is 0 Å². The van der Waals surface area contributed by atoms with Crippen LogP contribution in [0.15, 0.2) is 30.5 Å². The summed E-state index contributed by atoms with van der Waals surface area (Å²) < 4.78 is 0.637. The van der Waals surface area contributed by atoms with Crippen LogP contribution in [-0.4, -0.2) is 42.0 Å². The normalized spacial score (nSPS) is 15.3. The Morgan fingerprint density at radius 3 is 2.62 bits per heavy atom. The summed E-state index contributed by atoms with van der Waals surface area (Å²) in [5, 5.41) is 0. The monoisotopic (exact) mass is 322 g/mol. The summed E-state index contributed by atoms with van der Waals surface area (Å²) in [5.41, 5.74) is 6.61. The van der Waals surface area contributed by atoms with Crippen LogP contribution >= 0.6 is 22.9 Å². The maximum absolute atomic E-state index is 12.3. The number of nitrogens with two attached hydrogens (primary N) is 1. The van der Waals surface area contributed by atoms with Gasteiger partial charge in [-0.05, 0) is 24.3 Å². The molecule has 0 aliphatic carbocycles. The number of carbonyl (C=O) groups excluding carboxylic acids is 1. The van der Waals surface area contributed by atoms with Crippen molar-refractivity contribution in [1.29, 1.82) is 0 Å². The third-order valence-corrected chi connectivity index (χ3v) is 4.69. The summed E-state index contributed by atoms with van der Waals surface area (Å²) in [6.07, 6.45) is 1.73. The average Bonchev–Trinajstić information content (AvgIpc) is 2.94. The molecular weight excluding hydrogens is 308 g/mol. The highest BCUT2D eigenvalue weighted by Gasteiger charge is 2.24. The van der Waals surface area contributed by atoms with Gasteiger partial charge in [-0.1, -0.05) is 11.6 Å². The number of thiophene rings is 1. The Balaban J connectivity index is 1.65. The topological polar surface area (TPSA) is 62.5 Å². The third kappa shape index (κ3) is 2.96. The first-order valence-corrected chi connectivity index (χ1v) is 7.84. The van der Waals surface area contributed by atoms with Gasteiger partial charge in [0.25, 0.3) is 5.91 Å². The Morgan fingerprint density at radius 1 is 1.24 bits per heavy atom. The van der Waals surface area contributed by atoms with Crippen molar-refractivity contribution in [2.24, 2.45) is 0 Å². The molecule has 3 heterocycles. The van der Waals surface area contributed by atoms with Gasteiger partial charge in [0.15, 0.2) is 5.82 Å². The van der Waals surface area contributed by atoms with E-state index in [9.17, 15) is 4.79 Å². The maximum Gasteiger partial charge on any atom is 0.264 e. The second-order valence-corrected chi connectivity index (χ2v) is 6.51. The quantitative estimate of drug-likeness (QED) is 0.922. The molecule has 0 unspecified atom stereocenters. The lowest BCUT2D eigenvalue weighted by molar-refractivity contribution is 0.0751. The van der Waals surface area contributed by atoms with Gasteiger partial charge >= 0.3 is 0 Å². The number of carbonyl (C=O) groups is 1. The summed E-state index contributed by atoms with van der Waals surface area (Å²) in [7, 11) is 0. The number of hydrogen-bond acceptors (Lipinski definition) is 5. The first-order valence-electron chi connectivity index (χ1n) is 6.65. The number of nitrogens with zero attached hydrogens (tertiary/aromatic N) is 3. The minimum Gasteiger partial charge on any atom is -0.396 e. The summed E-state index contributed by atoms with van der Waals surface area (Å²) in [5.74, 6) is 0.837. The van der Waals surface area contributed by atoms with Gasteiger partial charge in [-0.15, -0.1) is 11.3 Å². The highest BCUT2D eigenvalue weighted by atomic mass is 35.5. The van der Waals surface area contributed by atoms with Gasteiger partial charge in [-0.3, -0.25) is 4.79 Å². The van der Waals surface area contributed by atoms with E-state index in [2.05, 4.69) is 9.88 Å². The maximum atomic E-state index is 12.3. The molecule has 21 heavy (non-hydrogen) atoms. The van der Waals surface area contributed by atoms with Gasteiger partial charge < -0.3 is 15.5 Å². The van der Waals surface area contributed by atoms with Gasteiger partial charge in [0.05, 0.1) is 14.9 Å². The van der Waals surface area contributed by atoms with E-state index in [-0.39, 0.29) is 5.91 Å².